The molecule has 0 radical (unpaired) electrons. The lowest BCUT2D eigenvalue weighted by atomic mass is 9.98. The monoisotopic (exact) mass is 240 g/mol. The molecule has 0 fully saturated rings. The van der Waals surface area contributed by atoms with Crippen LogP contribution in [0.25, 0.3) is 0 Å². The molecule has 1 amide bonds. The van der Waals surface area contributed by atoms with Crippen LogP contribution in [0.1, 0.15) is 24.8 Å². The third-order valence-corrected chi connectivity index (χ3v) is 3.62. The minimum Gasteiger partial charge on any atom is -0.325 e. The molecule has 1 heterocycles. The van der Waals surface area contributed by atoms with Crippen molar-refractivity contribution >= 4 is 21.6 Å². The van der Waals surface area contributed by atoms with Crippen LogP contribution in [-0.4, -0.2) is 14.3 Å². The van der Waals surface area contributed by atoms with Crippen molar-refractivity contribution < 1.29 is 13.2 Å². The van der Waals surface area contributed by atoms with Crippen molar-refractivity contribution in [1.29, 1.82) is 0 Å². The second-order valence-electron chi connectivity index (χ2n) is 3.74. The van der Waals surface area contributed by atoms with Gasteiger partial charge in [0.2, 0.25) is 15.9 Å². The number of carbonyl (C=O) groups is 1. The summed E-state index contributed by atoms with van der Waals surface area (Å²) in [5, 5.41) is 7.74. The Bertz CT molecular complexity index is 551. The number of sulfonamides is 1. The van der Waals surface area contributed by atoms with Gasteiger partial charge < -0.3 is 5.32 Å². The van der Waals surface area contributed by atoms with Gasteiger partial charge >= 0.3 is 0 Å². The number of primary sulfonamides is 1. The molecule has 2 rings (SSSR count). The molecule has 0 aromatic heterocycles. The van der Waals surface area contributed by atoms with E-state index in [1.165, 1.54) is 12.1 Å². The molecular weight excluding hydrogens is 228 g/mol. The number of hydrogen-bond acceptors (Lipinski definition) is 3. The van der Waals surface area contributed by atoms with Gasteiger partial charge in [0.15, 0.2) is 0 Å². The van der Waals surface area contributed by atoms with E-state index < -0.39 is 10.0 Å². The highest BCUT2D eigenvalue weighted by Crippen LogP contribution is 2.35. The lowest BCUT2D eigenvalue weighted by Crippen LogP contribution is -2.12. The van der Waals surface area contributed by atoms with Crippen LogP contribution in [-0.2, 0) is 14.8 Å². The van der Waals surface area contributed by atoms with Gasteiger partial charge in [-0.25, -0.2) is 13.6 Å². The van der Waals surface area contributed by atoms with Crippen molar-refractivity contribution in [2.75, 3.05) is 5.32 Å². The molecule has 1 atom stereocenters. The third-order valence-electron chi connectivity index (χ3n) is 2.71. The predicted molar refractivity (Wildman–Crippen MR) is 59.5 cm³/mol. The summed E-state index contributed by atoms with van der Waals surface area (Å²) >= 11 is 0. The number of fused-ring (bicyclic) bond motifs is 1. The van der Waals surface area contributed by atoms with Gasteiger partial charge in [-0.15, -0.1) is 0 Å². The Labute approximate surface area is 93.7 Å². The predicted octanol–water partition coefficient (Wildman–Crippen LogP) is 0.780. The van der Waals surface area contributed by atoms with Crippen LogP contribution >= 0.6 is 0 Å². The van der Waals surface area contributed by atoms with Crippen LogP contribution < -0.4 is 10.5 Å². The molecule has 6 heteroatoms. The Morgan fingerprint density at radius 2 is 2.12 bits per heavy atom. The zero-order valence-electron chi connectivity index (χ0n) is 8.73. The summed E-state index contributed by atoms with van der Waals surface area (Å²) in [4.78, 5) is 11.6. The Morgan fingerprint density at radius 3 is 2.69 bits per heavy atom. The summed E-state index contributed by atoms with van der Waals surface area (Å²) in [7, 11) is -3.71. The second-order valence-corrected chi connectivity index (χ2v) is 5.31. The van der Waals surface area contributed by atoms with Gasteiger partial charge in [-0.05, 0) is 30.2 Å². The molecule has 0 saturated heterocycles. The van der Waals surface area contributed by atoms with E-state index in [1.807, 2.05) is 6.92 Å². The van der Waals surface area contributed by atoms with Crippen molar-refractivity contribution in [2.24, 2.45) is 5.14 Å². The van der Waals surface area contributed by atoms with E-state index in [0.717, 1.165) is 0 Å². The lowest BCUT2D eigenvalue weighted by molar-refractivity contribution is -0.117. The van der Waals surface area contributed by atoms with Crippen LogP contribution in [0.5, 0.6) is 0 Å². The van der Waals surface area contributed by atoms with Gasteiger partial charge in [0.1, 0.15) is 0 Å². The minimum atomic E-state index is -3.71. The molecule has 1 aromatic rings. The van der Waals surface area contributed by atoms with Gasteiger partial charge in [0, 0.05) is 5.69 Å². The van der Waals surface area contributed by atoms with Gasteiger partial charge in [-0.1, -0.05) is 6.92 Å². The zero-order chi connectivity index (χ0) is 11.9. The van der Waals surface area contributed by atoms with Crippen molar-refractivity contribution in [3.8, 4) is 0 Å². The topological polar surface area (TPSA) is 89.3 Å². The highest BCUT2D eigenvalue weighted by molar-refractivity contribution is 7.89. The third kappa shape index (κ3) is 1.70. The van der Waals surface area contributed by atoms with Crippen LogP contribution in [0.4, 0.5) is 5.69 Å². The van der Waals surface area contributed by atoms with Crippen LogP contribution in [0.2, 0.25) is 0 Å². The van der Waals surface area contributed by atoms with Crippen LogP contribution in [0, 0.1) is 0 Å². The summed E-state index contributed by atoms with van der Waals surface area (Å²) < 4.78 is 22.4. The van der Waals surface area contributed by atoms with Crippen molar-refractivity contribution in [3.63, 3.8) is 0 Å². The summed E-state index contributed by atoms with van der Waals surface area (Å²) in [5.41, 5.74) is 1.38. The molecule has 1 aliphatic rings. The quantitative estimate of drug-likeness (QED) is 0.800. The molecular formula is C10H12N2O3S. The number of nitrogens with two attached hydrogens (primary N) is 1. The number of amides is 1. The summed E-state index contributed by atoms with van der Waals surface area (Å²) in [6.45, 7) is 1.88. The number of anilines is 1. The lowest BCUT2D eigenvalue weighted by Gasteiger charge is -2.06. The number of benzene rings is 1. The molecule has 16 heavy (non-hydrogen) atoms. The van der Waals surface area contributed by atoms with Crippen LogP contribution in [0.3, 0.4) is 0 Å². The molecule has 0 spiro atoms. The Balaban J connectivity index is 2.56. The highest BCUT2D eigenvalue weighted by Gasteiger charge is 2.29. The van der Waals surface area contributed by atoms with Crippen molar-refractivity contribution in [1.82, 2.24) is 0 Å². The minimum absolute atomic E-state index is 0.0428. The van der Waals surface area contributed by atoms with Gasteiger partial charge in [0.25, 0.3) is 0 Å². The van der Waals surface area contributed by atoms with Gasteiger partial charge in [-0.3, -0.25) is 4.79 Å². The van der Waals surface area contributed by atoms with E-state index >= 15 is 0 Å². The largest absolute Gasteiger partial charge is 0.325 e. The number of rotatable bonds is 2. The molecule has 5 nitrogen and oxygen atoms in total. The first-order valence-electron chi connectivity index (χ1n) is 4.91. The normalized spacial score (nSPS) is 19.4. The molecule has 0 unspecified atom stereocenters. The van der Waals surface area contributed by atoms with E-state index in [4.69, 9.17) is 5.14 Å². The molecule has 0 saturated carbocycles. The fourth-order valence-corrected chi connectivity index (χ4v) is 2.44. The maximum atomic E-state index is 11.5. The van der Waals surface area contributed by atoms with Crippen molar-refractivity contribution in [2.45, 2.75) is 24.2 Å². The zero-order valence-corrected chi connectivity index (χ0v) is 9.54. The fourth-order valence-electron chi connectivity index (χ4n) is 1.89. The van der Waals surface area contributed by atoms with Crippen molar-refractivity contribution in [3.05, 3.63) is 23.8 Å². The molecule has 0 bridgehead atoms. The van der Waals surface area contributed by atoms with E-state index in [0.29, 0.717) is 17.7 Å². The number of nitrogens with one attached hydrogen (secondary N) is 1. The number of hydrogen-bond donors (Lipinski definition) is 2. The Morgan fingerprint density at radius 1 is 1.44 bits per heavy atom. The molecule has 1 aliphatic heterocycles. The smallest absolute Gasteiger partial charge is 0.238 e. The SMILES string of the molecule is CC[C@H]1C(=O)Nc2ccc(S(N)(=O)=O)cc21. The van der Waals surface area contributed by atoms with E-state index in [9.17, 15) is 13.2 Å². The fraction of sp³-hybridized carbons (Fsp3) is 0.300. The Hall–Kier alpha value is -1.40. The first-order valence-corrected chi connectivity index (χ1v) is 6.45. The maximum absolute atomic E-state index is 11.5. The van der Waals surface area contributed by atoms with E-state index in [2.05, 4.69) is 5.32 Å². The molecule has 86 valence electrons. The van der Waals surface area contributed by atoms with E-state index in [1.54, 1.807) is 6.07 Å². The maximum Gasteiger partial charge on any atom is 0.238 e. The first kappa shape index (κ1) is 11.1. The van der Waals surface area contributed by atoms with Crippen LogP contribution in [0.15, 0.2) is 23.1 Å². The highest BCUT2D eigenvalue weighted by atomic mass is 32.2. The first-order chi connectivity index (χ1) is 7.43. The van der Waals surface area contributed by atoms with Gasteiger partial charge in [0.05, 0.1) is 10.8 Å². The molecule has 0 aliphatic carbocycles. The Kier molecular flexibility index (Phi) is 2.47. The van der Waals surface area contributed by atoms with E-state index in [-0.39, 0.29) is 16.7 Å². The summed E-state index contributed by atoms with van der Waals surface area (Å²) in [6, 6.07) is 4.44. The summed E-state index contributed by atoms with van der Waals surface area (Å²) in [6.07, 6.45) is 0.632. The average molecular weight is 240 g/mol. The average Bonchev–Trinajstić information content (AvgIpc) is 2.50. The number of carbonyl (C=O) groups excluding carboxylic acids is 1. The standard InChI is InChI=1S/C10H12N2O3S/c1-2-7-8-5-6(16(11,14)15)3-4-9(8)12-10(7)13/h3-5,7H,2H2,1H3,(H,12,13)(H2,11,14,15)/t7-/m1/s1. The van der Waals surface area contributed by atoms with Gasteiger partial charge in [-0.2, -0.15) is 0 Å². The summed E-state index contributed by atoms with van der Waals surface area (Å²) in [5.74, 6) is -0.374. The second kappa shape index (κ2) is 3.57. The molecule has 1 aromatic carbocycles. The molecule has 3 N–H and O–H groups in total.